The minimum atomic E-state index is -5.33. The molecule has 0 aromatic carbocycles. The van der Waals surface area contributed by atoms with Crippen LogP contribution in [0.1, 0.15) is 13.3 Å². The van der Waals surface area contributed by atoms with Crippen LogP contribution in [0.15, 0.2) is 0 Å². The lowest BCUT2D eigenvalue weighted by Gasteiger charge is -2.34. The van der Waals surface area contributed by atoms with Crippen molar-refractivity contribution < 1.29 is 39.5 Å². The van der Waals surface area contributed by atoms with E-state index in [4.69, 9.17) is 0 Å². The van der Waals surface area contributed by atoms with E-state index in [1.165, 1.54) is 4.90 Å². The SMILES string of the molecule is CC(F)(F)C(F)(F)[S+](=O)(O)N1CCN(CCC(F)(F)F)CC1. The zero-order valence-corrected chi connectivity index (χ0v) is 12.4. The quantitative estimate of drug-likeness (QED) is 0.605. The van der Waals surface area contributed by atoms with Crippen molar-refractivity contribution in [2.75, 3.05) is 32.7 Å². The molecule has 1 N–H and O–H groups in total. The molecule has 0 radical (unpaired) electrons. The van der Waals surface area contributed by atoms with Gasteiger partial charge in [0, 0.05) is 26.6 Å². The Kier molecular flexibility index (Phi) is 5.53. The molecule has 132 valence electrons. The van der Waals surface area contributed by atoms with Gasteiger partial charge >= 0.3 is 27.8 Å². The molecular formula is C10H16F7N2O2S+. The van der Waals surface area contributed by atoms with E-state index in [9.17, 15) is 39.5 Å². The van der Waals surface area contributed by atoms with Crippen LogP contribution in [-0.2, 0) is 14.6 Å². The van der Waals surface area contributed by atoms with Crippen molar-refractivity contribution in [1.82, 2.24) is 9.21 Å². The molecule has 0 bridgehead atoms. The van der Waals surface area contributed by atoms with Gasteiger partial charge in [0.2, 0.25) is 0 Å². The molecule has 1 aliphatic heterocycles. The maximum atomic E-state index is 13.4. The molecular weight excluding hydrogens is 345 g/mol. The minimum Gasteiger partial charge on any atom is -0.300 e. The average molecular weight is 361 g/mol. The molecule has 0 spiro atoms. The largest absolute Gasteiger partial charge is 0.524 e. The molecule has 1 unspecified atom stereocenters. The molecule has 1 rings (SSSR count). The number of alkyl halides is 7. The van der Waals surface area contributed by atoms with Crippen molar-refractivity contribution in [3.05, 3.63) is 0 Å². The fourth-order valence-corrected chi connectivity index (χ4v) is 3.33. The second kappa shape index (κ2) is 6.21. The summed E-state index contributed by atoms with van der Waals surface area (Å²) >= 11 is 0. The number of hydrogen-bond donors (Lipinski definition) is 1. The van der Waals surface area contributed by atoms with Gasteiger partial charge in [-0.1, -0.05) is 4.31 Å². The highest BCUT2D eigenvalue weighted by molar-refractivity contribution is 7.96. The lowest BCUT2D eigenvalue weighted by molar-refractivity contribution is -0.150. The number of halogens is 7. The first-order valence-electron chi connectivity index (χ1n) is 6.24. The zero-order valence-electron chi connectivity index (χ0n) is 11.5. The van der Waals surface area contributed by atoms with Gasteiger partial charge in [-0.05, 0) is 4.21 Å². The van der Waals surface area contributed by atoms with Crippen LogP contribution in [0, 0.1) is 0 Å². The summed E-state index contributed by atoms with van der Waals surface area (Å²) in [6, 6.07) is 0. The number of hydrogen-bond acceptors (Lipinski definition) is 2. The highest BCUT2D eigenvalue weighted by atomic mass is 32.3. The third-order valence-corrected chi connectivity index (χ3v) is 5.33. The van der Waals surface area contributed by atoms with Crippen molar-refractivity contribution in [3.63, 3.8) is 0 Å². The summed E-state index contributed by atoms with van der Waals surface area (Å²) in [5.74, 6) is -4.70. The van der Waals surface area contributed by atoms with Gasteiger partial charge in [-0.25, -0.2) is 0 Å². The molecule has 0 aromatic rings. The molecule has 22 heavy (non-hydrogen) atoms. The second-order valence-corrected chi connectivity index (χ2v) is 7.06. The average Bonchev–Trinajstić information content (AvgIpc) is 2.34. The molecule has 12 heteroatoms. The molecule has 1 atom stereocenters. The minimum absolute atomic E-state index is 0.164. The standard InChI is InChI=1S/C10H15F7N2O2S/c1-8(11,12)10(16,17)22(20,21)19-6-4-18(5-7-19)3-2-9(13,14)15/h2-7H2,1H3/p+1. The van der Waals surface area contributed by atoms with Crippen molar-refractivity contribution in [2.24, 2.45) is 0 Å². The number of nitrogens with zero attached hydrogens (tertiary/aromatic N) is 2. The van der Waals surface area contributed by atoms with Crippen LogP contribution in [0.5, 0.6) is 0 Å². The Balaban J connectivity index is 2.66. The van der Waals surface area contributed by atoms with Crippen LogP contribution in [-0.4, -0.2) is 63.8 Å². The summed E-state index contributed by atoms with van der Waals surface area (Å²) in [5, 5.41) is -5.16. The molecule has 1 aliphatic rings. The van der Waals surface area contributed by atoms with Gasteiger partial charge < -0.3 is 4.90 Å². The summed E-state index contributed by atoms with van der Waals surface area (Å²) in [6.45, 7) is -1.94. The van der Waals surface area contributed by atoms with Crippen molar-refractivity contribution in [2.45, 2.75) is 30.7 Å². The van der Waals surface area contributed by atoms with Crippen molar-refractivity contribution in [1.29, 1.82) is 0 Å². The summed E-state index contributed by atoms with van der Waals surface area (Å²) in [7, 11) is -5.33. The van der Waals surface area contributed by atoms with Gasteiger partial charge in [0.1, 0.15) is 0 Å². The van der Waals surface area contributed by atoms with Gasteiger partial charge in [0.05, 0.1) is 19.5 Å². The number of rotatable bonds is 5. The molecule has 1 heterocycles. The van der Waals surface area contributed by atoms with Gasteiger partial charge in [-0.2, -0.15) is 26.5 Å². The Hall–Kier alpha value is -0.460. The fraction of sp³-hybridized carbons (Fsp3) is 1.00. The Morgan fingerprint density at radius 2 is 1.45 bits per heavy atom. The molecule has 0 amide bonds. The van der Waals surface area contributed by atoms with Crippen LogP contribution in [0.2, 0.25) is 0 Å². The van der Waals surface area contributed by atoms with Gasteiger partial charge in [-0.15, -0.1) is 8.78 Å². The summed E-state index contributed by atoms with van der Waals surface area (Å²) in [6.07, 6.45) is -5.48. The Morgan fingerprint density at radius 3 is 1.82 bits per heavy atom. The third kappa shape index (κ3) is 4.30. The zero-order chi connectivity index (χ0) is 17.4. The lowest BCUT2D eigenvalue weighted by atomic mass is 10.3. The van der Waals surface area contributed by atoms with Gasteiger partial charge in [-0.3, -0.25) is 0 Å². The van der Waals surface area contributed by atoms with E-state index in [0.717, 1.165) is 0 Å². The molecule has 0 saturated carbocycles. The molecule has 1 saturated heterocycles. The molecule has 0 aliphatic carbocycles. The summed E-state index contributed by atoms with van der Waals surface area (Å²) in [4.78, 5) is 1.27. The van der Waals surface area contributed by atoms with Crippen molar-refractivity contribution in [3.8, 4) is 0 Å². The van der Waals surface area contributed by atoms with Crippen LogP contribution in [0.25, 0.3) is 0 Å². The van der Waals surface area contributed by atoms with Crippen molar-refractivity contribution >= 4 is 10.4 Å². The van der Waals surface area contributed by atoms with Crippen LogP contribution < -0.4 is 0 Å². The summed E-state index contributed by atoms with van der Waals surface area (Å²) < 4.78 is 110. The van der Waals surface area contributed by atoms with E-state index in [0.29, 0.717) is 4.31 Å². The molecule has 4 nitrogen and oxygen atoms in total. The highest BCUT2D eigenvalue weighted by Gasteiger charge is 2.74. The lowest BCUT2D eigenvalue weighted by Crippen LogP contribution is -2.60. The predicted molar refractivity (Wildman–Crippen MR) is 64.9 cm³/mol. The third-order valence-electron chi connectivity index (χ3n) is 3.24. The van der Waals surface area contributed by atoms with E-state index >= 15 is 0 Å². The maximum Gasteiger partial charge on any atom is 0.524 e. The smallest absolute Gasteiger partial charge is 0.300 e. The van der Waals surface area contributed by atoms with E-state index in [-0.39, 0.29) is 26.6 Å². The Bertz CT molecular complexity index is 430. The maximum absolute atomic E-state index is 13.4. The first-order chi connectivity index (χ1) is 9.68. The Labute approximate surface area is 123 Å². The van der Waals surface area contributed by atoms with Gasteiger partial charge in [0.25, 0.3) is 0 Å². The first-order valence-corrected chi connectivity index (χ1v) is 7.72. The monoisotopic (exact) mass is 361 g/mol. The normalized spacial score (nSPS) is 22.6. The highest BCUT2D eigenvalue weighted by Crippen LogP contribution is 2.43. The molecule has 0 aromatic heterocycles. The van der Waals surface area contributed by atoms with E-state index in [2.05, 4.69) is 0 Å². The van der Waals surface area contributed by atoms with Gasteiger partial charge in [0.15, 0.2) is 0 Å². The first kappa shape index (κ1) is 19.6. The second-order valence-electron chi connectivity index (χ2n) is 5.04. The topological polar surface area (TPSA) is 43.8 Å². The van der Waals surface area contributed by atoms with Crippen LogP contribution in [0.3, 0.4) is 0 Å². The predicted octanol–water partition coefficient (Wildman–Crippen LogP) is 2.69. The Morgan fingerprint density at radius 1 is 1.00 bits per heavy atom. The van der Waals surface area contributed by atoms with E-state index in [1.807, 2.05) is 0 Å². The summed E-state index contributed by atoms with van der Waals surface area (Å²) in [5.41, 5.74) is 0. The van der Waals surface area contributed by atoms with Crippen LogP contribution >= 0.6 is 0 Å². The fourth-order valence-electron chi connectivity index (χ4n) is 1.88. The van der Waals surface area contributed by atoms with E-state index < -0.39 is 47.3 Å². The van der Waals surface area contributed by atoms with Crippen LogP contribution in [0.4, 0.5) is 30.7 Å². The number of piperazine rings is 1. The molecule has 1 fully saturated rings. The van der Waals surface area contributed by atoms with E-state index in [1.54, 1.807) is 0 Å².